The average Bonchev–Trinajstić information content (AvgIpc) is 2.39. The first-order valence-electron chi connectivity index (χ1n) is 6.74. The van der Waals surface area contributed by atoms with Crippen LogP contribution in [0.4, 0.5) is 5.69 Å². The van der Waals surface area contributed by atoms with Gasteiger partial charge in [0.25, 0.3) is 0 Å². The standard InChI is InChI=1S/C15H24N2O/c1-4-6-14(16)15(18)17-13-9-7-12(8-10-13)11(3)5-2/h7-11,14H,4-6,16H2,1-3H3,(H,17,18)/t11?,14-/m0/s1. The number of nitrogens with two attached hydrogens (primary N) is 1. The van der Waals surface area contributed by atoms with Gasteiger partial charge >= 0.3 is 0 Å². The molecule has 0 aromatic heterocycles. The number of anilines is 1. The molecule has 1 amide bonds. The van der Waals surface area contributed by atoms with E-state index >= 15 is 0 Å². The fourth-order valence-corrected chi connectivity index (χ4v) is 1.81. The van der Waals surface area contributed by atoms with Crippen LogP contribution in [0.2, 0.25) is 0 Å². The second-order valence-corrected chi connectivity index (χ2v) is 4.82. The third kappa shape index (κ3) is 4.15. The van der Waals surface area contributed by atoms with E-state index in [9.17, 15) is 4.79 Å². The molecule has 1 aromatic rings. The summed E-state index contributed by atoms with van der Waals surface area (Å²) in [5, 5.41) is 2.85. The number of carbonyl (C=O) groups excluding carboxylic acids is 1. The highest BCUT2D eigenvalue weighted by atomic mass is 16.2. The van der Waals surface area contributed by atoms with Crippen molar-refractivity contribution in [2.75, 3.05) is 5.32 Å². The van der Waals surface area contributed by atoms with E-state index in [4.69, 9.17) is 5.73 Å². The van der Waals surface area contributed by atoms with Crippen LogP contribution in [-0.2, 0) is 4.79 Å². The van der Waals surface area contributed by atoms with Gasteiger partial charge in [-0.2, -0.15) is 0 Å². The third-order valence-corrected chi connectivity index (χ3v) is 3.30. The number of hydrogen-bond acceptors (Lipinski definition) is 2. The quantitative estimate of drug-likeness (QED) is 0.811. The Kier molecular flexibility index (Phi) is 5.86. The van der Waals surface area contributed by atoms with E-state index in [1.165, 1.54) is 5.56 Å². The predicted octanol–water partition coefficient (Wildman–Crippen LogP) is 3.27. The Morgan fingerprint density at radius 1 is 1.28 bits per heavy atom. The van der Waals surface area contributed by atoms with E-state index in [1.54, 1.807) is 0 Å². The molecule has 1 aromatic carbocycles. The van der Waals surface area contributed by atoms with Crippen LogP contribution in [0.25, 0.3) is 0 Å². The number of rotatable bonds is 6. The molecule has 0 saturated heterocycles. The predicted molar refractivity (Wildman–Crippen MR) is 76.7 cm³/mol. The normalized spacial score (nSPS) is 14.0. The number of amides is 1. The van der Waals surface area contributed by atoms with Gasteiger partial charge in [-0.25, -0.2) is 0 Å². The van der Waals surface area contributed by atoms with Crippen LogP contribution < -0.4 is 11.1 Å². The lowest BCUT2D eigenvalue weighted by Gasteiger charge is -2.13. The first-order valence-corrected chi connectivity index (χ1v) is 6.74. The van der Waals surface area contributed by atoms with E-state index in [2.05, 4.69) is 31.3 Å². The highest BCUT2D eigenvalue weighted by Crippen LogP contribution is 2.20. The minimum absolute atomic E-state index is 0.104. The van der Waals surface area contributed by atoms with Crippen LogP contribution >= 0.6 is 0 Å². The van der Waals surface area contributed by atoms with Gasteiger partial charge in [0.1, 0.15) is 0 Å². The first kappa shape index (κ1) is 14.7. The molecule has 3 heteroatoms. The molecular weight excluding hydrogens is 224 g/mol. The zero-order valence-corrected chi connectivity index (χ0v) is 11.6. The molecule has 0 spiro atoms. The average molecular weight is 248 g/mol. The van der Waals surface area contributed by atoms with Gasteiger partial charge in [0.15, 0.2) is 0 Å². The minimum Gasteiger partial charge on any atom is -0.325 e. The molecule has 3 nitrogen and oxygen atoms in total. The molecule has 0 saturated carbocycles. The molecule has 0 aliphatic carbocycles. The Morgan fingerprint density at radius 2 is 1.89 bits per heavy atom. The van der Waals surface area contributed by atoms with Crippen molar-refractivity contribution in [2.45, 2.75) is 52.0 Å². The third-order valence-electron chi connectivity index (χ3n) is 3.30. The summed E-state index contributed by atoms with van der Waals surface area (Å²) in [6, 6.07) is 7.60. The topological polar surface area (TPSA) is 55.1 Å². The fraction of sp³-hybridized carbons (Fsp3) is 0.533. The minimum atomic E-state index is -0.413. The van der Waals surface area contributed by atoms with Crippen molar-refractivity contribution in [3.05, 3.63) is 29.8 Å². The molecule has 0 fully saturated rings. The molecule has 2 atom stereocenters. The molecule has 18 heavy (non-hydrogen) atoms. The van der Waals surface area contributed by atoms with E-state index < -0.39 is 6.04 Å². The number of benzene rings is 1. The Morgan fingerprint density at radius 3 is 2.39 bits per heavy atom. The highest BCUT2D eigenvalue weighted by Gasteiger charge is 2.12. The zero-order chi connectivity index (χ0) is 13.5. The second-order valence-electron chi connectivity index (χ2n) is 4.82. The summed E-state index contributed by atoms with van der Waals surface area (Å²) >= 11 is 0. The van der Waals surface area contributed by atoms with Gasteiger partial charge in [-0.3, -0.25) is 4.79 Å². The molecule has 0 heterocycles. The van der Waals surface area contributed by atoms with Crippen LogP contribution in [0.1, 0.15) is 51.5 Å². The van der Waals surface area contributed by atoms with E-state index in [0.717, 1.165) is 24.9 Å². The summed E-state index contributed by atoms with van der Waals surface area (Å²) in [6.07, 6.45) is 2.76. The van der Waals surface area contributed by atoms with Gasteiger partial charge in [-0.1, -0.05) is 39.3 Å². The largest absolute Gasteiger partial charge is 0.325 e. The summed E-state index contributed by atoms with van der Waals surface area (Å²) in [4.78, 5) is 11.7. The van der Waals surface area contributed by atoms with Crippen molar-refractivity contribution in [1.29, 1.82) is 0 Å². The van der Waals surface area contributed by atoms with Crippen molar-refractivity contribution < 1.29 is 4.79 Å². The Balaban J connectivity index is 2.61. The van der Waals surface area contributed by atoms with Gasteiger partial charge in [-0.15, -0.1) is 0 Å². The Bertz CT molecular complexity index is 373. The van der Waals surface area contributed by atoms with Gasteiger partial charge in [0, 0.05) is 5.69 Å². The molecule has 0 aliphatic rings. The van der Waals surface area contributed by atoms with Crippen LogP contribution in [0.15, 0.2) is 24.3 Å². The Hall–Kier alpha value is -1.35. The van der Waals surface area contributed by atoms with Crippen LogP contribution in [0.3, 0.4) is 0 Å². The lowest BCUT2D eigenvalue weighted by atomic mass is 9.98. The van der Waals surface area contributed by atoms with Gasteiger partial charge in [0.05, 0.1) is 6.04 Å². The maximum Gasteiger partial charge on any atom is 0.241 e. The molecule has 1 unspecified atom stereocenters. The molecule has 0 radical (unpaired) electrons. The summed E-state index contributed by atoms with van der Waals surface area (Å²) in [7, 11) is 0. The summed E-state index contributed by atoms with van der Waals surface area (Å²) in [5.74, 6) is 0.449. The summed E-state index contributed by atoms with van der Waals surface area (Å²) in [6.45, 7) is 6.39. The Labute approximate surface area is 110 Å². The summed E-state index contributed by atoms with van der Waals surface area (Å²) in [5.41, 5.74) is 7.88. The SMILES string of the molecule is CCC[C@H](N)C(=O)Nc1ccc(C(C)CC)cc1. The molecule has 1 rings (SSSR count). The number of nitrogens with one attached hydrogen (secondary N) is 1. The zero-order valence-electron chi connectivity index (χ0n) is 11.6. The molecule has 0 aliphatic heterocycles. The van der Waals surface area contributed by atoms with Crippen molar-refractivity contribution in [3.8, 4) is 0 Å². The first-order chi connectivity index (χ1) is 8.58. The molecular formula is C15H24N2O. The maximum absolute atomic E-state index is 11.7. The lowest BCUT2D eigenvalue weighted by molar-refractivity contribution is -0.117. The van der Waals surface area contributed by atoms with E-state index in [-0.39, 0.29) is 5.91 Å². The smallest absolute Gasteiger partial charge is 0.241 e. The number of hydrogen-bond donors (Lipinski definition) is 2. The van der Waals surface area contributed by atoms with Crippen LogP contribution in [0.5, 0.6) is 0 Å². The van der Waals surface area contributed by atoms with Gasteiger partial charge in [0.2, 0.25) is 5.91 Å². The van der Waals surface area contributed by atoms with Crippen molar-refractivity contribution in [1.82, 2.24) is 0 Å². The fourth-order valence-electron chi connectivity index (χ4n) is 1.81. The van der Waals surface area contributed by atoms with Crippen LogP contribution in [-0.4, -0.2) is 11.9 Å². The van der Waals surface area contributed by atoms with E-state index in [1.807, 2.05) is 19.1 Å². The second kappa shape index (κ2) is 7.17. The summed E-state index contributed by atoms with van der Waals surface area (Å²) < 4.78 is 0. The van der Waals surface area contributed by atoms with Crippen molar-refractivity contribution in [3.63, 3.8) is 0 Å². The molecule has 100 valence electrons. The maximum atomic E-state index is 11.7. The van der Waals surface area contributed by atoms with E-state index in [0.29, 0.717) is 5.92 Å². The number of carbonyl (C=O) groups is 1. The van der Waals surface area contributed by atoms with Crippen molar-refractivity contribution >= 4 is 11.6 Å². The monoisotopic (exact) mass is 248 g/mol. The lowest BCUT2D eigenvalue weighted by Crippen LogP contribution is -2.35. The van der Waals surface area contributed by atoms with Gasteiger partial charge in [-0.05, 0) is 36.5 Å². The van der Waals surface area contributed by atoms with Gasteiger partial charge < -0.3 is 11.1 Å². The molecule has 3 N–H and O–H groups in total. The van der Waals surface area contributed by atoms with Crippen LogP contribution in [0, 0.1) is 0 Å². The highest BCUT2D eigenvalue weighted by molar-refractivity contribution is 5.94. The molecule has 0 bridgehead atoms. The van der Waals surface area contributed by atoms with Crippen molar-refractivity contribution in [2.24, 2.45) is 5.73 Å².